The average molecular weight is 453 g/mol. The maximum atomic E-state index is 13.5. The van der Waals surface area contributed by atoms with Crippen LogP contribution < -0.4 is 5.32 Å². The van der Waals surface area contributed by atoms with Gasteiger partial charge in [-0.15, -0.1) is 0 Å². The van der Waals surface area contributed by atoms with Gasteiger partial charge in [0.15, 0.2) is 0 Å². The summed E-state index contributed by atoms with van der Waals surface area (Å²) >= 11 is 0. The lowest BCUT2D eigenvalue weighted by Crippen LogP contribution is -2.55. The molecular weight excluding hydrogens is 419 g/mol. The molecule has 6 heteroatoms. The Hall–Kier alpha value is -2.73. The Balaban J connectivity index is 1.54. The lowest BCUT2D eigenvalue weighted by atomic mass is 9.74. The van der Waals surface area contributed by atoms with E-state index in [2.05, 4.69) is 5.32 Å². The first-order valence-electron chi connectivity index (χ1n) is 11.9. The topological polar surface area (TPSA) is 58.6 Å². The van der Waals surface area contributed by atoms with Crippen molar-refractivity contribution in [1.29, 1.82) is 0 Å². The zero-order valence-corrected chi connectivity index (χ0v) is 19.5. The molecule has 176 valence electrons. The maximum absolute atomic E-state index is 13.5. The zero-order valence-electron chi connectivity index (χ0n) is 19.5. The van der Waals surface area contributed by atoms with Crippen molar-refractivity contribution in [2.24, 2.45) is 5.92 Å². The van der Waals surface area contributed by atoms with Crippen LogP contribution in [-0.4, -0.2) is 42.5 Å². The summed E-state index contributed by atoms with van der Waals surface area (Å²) in [6.45, 7) is 6.12. The molecule has 1 unspecified atom stereocenters. The molecular formula is C27H33FN2O3. The van der Waals surface area contributed by atoms with Gasteiger partial charge in [-0.1, -0.05) is 50.2 Å². The molecule has 2 aliphatic heterocycles. The Bertz CT molecular complexity index is 983. The third kappa shape index (κ3) is 5.27. The zero-order chi connectivity index (χ0) is 23.4. The van der Waals surface area contributed by atoms with Crippen molar-refractivity contribution in [3.63, 3.8) is 0 Å². The van der Waals surface area contributed by atoms with E-state index in [1.807, 2.05) is 50.2 Å². The lowest BCUT2D eigenvalue weighted by Gasteiger charge is -2.40. The van der Waals surface area contributed by atoms with E-state index in [0.717, 1.165) is 29.5 Å². The van der Waals surface area contributed by atoms with Gasteiger partial charge in [-0.25, -0.2) is 4.39 Å². The van der Waals surface area contributed by atoms with Crippen LogP contribution in [0.2, 0.25) is 0 Å². The molecule has 0 bridgehead atoms. The van der Waals surface area contributed by atoms with Crippen molar-refractivity contribution in [3.8, 4) is 0 Å². The Morgan fingerprint density at radius 2 is 1.76 bits per heavy atom. The van der Waals surface area contributed by atoms with Crippen LogP contribution in [0.4, 0.5) is 4.39 Å². The third-order valence-electron chi connectivity index (χ3n) is 6.96. The largest absolute Gasteiger partial charge is 0.381 e. The second kappa shape index (κ2) is 10.0. The molecule has 2 aromatic rings. The molecule has 0 radical (unpaired) electrons. The Labute approximate surface area is 195 Å². The summed E-state index contributed by atoms with van der Waals surface area (Å²) in [5.41, 5.74) is 2.92. The number of rotatable bonds is 6. The molecule has 1 saturated heterocycles. The fraction of sp³-hybridized carbons (Fsp3) is 0.481. The first kappa shape index (κ1) is 23.4. The van der Waals surface area contributed by atoms with Gasteiger partial charge in [0.2, 0.25) is 11.8 Å². The van der Waals surface area contributed by atoms with Gasteiger partial charge in [0.1, 0.15) is 11.9 Å². The number of nitrogens with one attached hydrogen (secondary N) is 1. The number of halogens is 1. The van der Waals surface area contributed by atoms with E-state index in [0.29, 0.717) is 39.1 Å². The molecule has 4 rings (SSSR count). The normalized spacial score (nSPS) is 19.8. The van der Waals surface area contributed by atoms with Gasteiger partial charge < -0.3 is 15.0 Å². The number of fused-ring (bicyclic) bond motifs is 1. The third-order valence-corrected chi connectivity index (χ3v) is 6.96. The van der Waals surface area contributed by atoms with E-state index >= 15 is 0 Å². The fourth-order valence-electron chi connectivity index (χ4n) is 4.99. The summed E-state index contributed by atoms with van der Waals surface area (Å²) in [5, 5.41) is 3.16. The number of carbonyl (C=O) groups excluding carboxylic acids is 2. The molecule has 1 N–H and O–H groups in total. The van der Waals surface area contributed by atoms with Gasteiger partial charge in [-0.3, -0.25) is 9.59 Å². The van der Waals surface area contributed by atoms with Crippen molar-refractivity contribution in [2.75, 3.05) is 19.8 Å². The molecule has 2 aliphatic rings. The molecule has 33 heavy (non-hydrogen) atoms. The lowest BCUT2D eigenvalue weighted by molar-refractivity contribution is -0.142. The number of ether oxygens (including phenoxy) is 1. The second-order valence-corrected chi connectivity index (χ2v) is 9.73. The number of benzene rings is 2. The van der Waals surface area contributed by atoms with Crippen molar-refractivity contribution in [3.05, 3.63) is 71.0 Å². The van der Waals surface area contributed by atoms with E-state index in [1.165, 1.54) is 12.1 Å². The van der Waals surface area contributed by atoms with Crippen LogP contribution in [0.3, 0.4) is 0 Å². The molecule has 0 aliphatic carbocycles. The van der Waals surface area contributed by atoms with Gasteiger partial charge in [0.25, 0.3) is 0 Å². The highest BCUT2D eigenvalue weighted by molar-refractivity contribution is 5.88. The average Bonchev–Trinajstić information content (AvgIpc) is 2.82. The van der Waals surface area contributed by atoms with Crippen LogP contribution in [0.15, 0.2) is 48.5 Å². The highest BCUT2D eigenvalue weighted by Crippen LogP contribution is 2.35. The van der Waals surface area contributed by atoms with E-state index in [4.69, 9.17) is 4.74 Å². The smallest absolute Gasteiger partial charge is 0.243 e. The van der Waals surface area contributed by atoms with Crippen LogP contribution in [0.1, 0.15) is 49.8 Å². The van der Waals surface area contributed by atoms with Gasteiger partial charge in [-0.05, 0) is 47.6 Å². The van der Waals surface area contributed by atoms with E-state index in [-0.39, 0.29) is 29.0 Å². The van der Waals surface area contributed by atoms with E-state index in [9.17, 15) is 14.0 Å². The van der Waals surface area contributed by atoms with Crippen LogP contribution in [-0.2, 0) is 32.7 Å². The van der Waals surface area contributed by atoms with Crippen molar-refractivity contribution in [1.82, 2.24) is 10.2 Å². The van der Waals surface area contributed by atoms with Crippen molar-refractivity contribution >= 4 is 11.8 Å². The summed E-state index contributed by atoms with van der Waals surface area (Å²) in [6.07, 6.45) is 2.44. The highest BCUT2D eigenvalue weighted by Gasteiger charge is 2.38. The monoisotopic (exact) mass is 452 g/mol. The molecule has 2 aromatic carbocycles. The van der Waals surface area contributed by atoms with E-state index in [1.54, 1.807) is 4.90 Å². The number of carbonyl (C=O) groups is 2. The molecule has 2 heterocycles. The SMILES string of the molecule is CC(C)CC(=O)N1Cc2ccccc2CC1C(=O)NCC1(c2ccc(F)cc2)CCOCC1. The van der Waals surface area contributed by atoms with Gasteiger partial charge >= 0.3 is 0 Å². The number of amides is 2. The number of nitrogens with zero attached hydrogens (tertiary/aromatic N) is 1. The van der Waals surface area contributed by atoms with Crippen LogP contribution >= 0.6 is 0 Å². The Morgan fingerprint density at radius 1 is 1.09 bits per heavy atom. The first-order valence-corrected chi connectivity index (χ1v) is 11.9. The fourth-order valence-corrected chi connectivity index (χ4v) is 4.99. The summed E-state index contributed by atoms with van der Waals surface area (Å²) in [7, 11) is 0. The van der Waals surface area contributed by atoms with Gasteiger partial charge in [0.05, 0.1) is 0 Å². The standard InChI is InChI=1S/C27H33FN2O3/c1-19(2)15-25(31)30-17-21-6-4-3-5-20(21)16-24(30)26(32)29-18-27(11-13-33-14-12-27)22-7-9-23(28)10-8-22/h3-10,19,24H,11-18H2,1-2H3,(H,29,32). The number of hydrogen-bond acceptors (Lipinski definition) is 3. The van der Waals surface area contributed by atoms with Gasteiger partial charge in [-0.2, -0.15) is 0 Å². The summed E-state index contributed by atoms with van der Waals surface area (Å²) in [5.74, 6) is -0.166. The van der Waals surface area contributed by atoms with Crippen LogP contribution in [0.5, 0.6) is 0 Å². The summed E-state index contributed by atoms with van der Waals surface area (Å²) < 4.78 is 19.1. The molecule has 2 amide bonds. The quantitative estimate of drug-likeness (QED) is 0.721. The maximum Gasteiger partial charge on any atom is 0.243 e. The minimum absolute atomic E-state index is 0.0129. The Kier molecular flexibility index (Phi) is 7.13. The van der Waals surface area contributed by atoms with Crippen molar-refractivity contribution in [2.45, 2.75) is 57.5 Å². The summed E-state index contributed by atoms with van der Waals surface area (Å²) in [4.78, 5) is 28.3. The minimum Gasteiger partial charge on any atom is -0.381 e. The van der Waals surface area contributed by atoms with Gasteiger partial charge in [0, 0.05) is 44.6 Å². The highest BCUT2D eigenvalue weighted by atomic mass is 19.1. The molecule has 0 aromatic heterocycles. The number of hydrogen-bond donors (Lipinski definition) is 1. The van der Waals surface area contributed by atoms with Crippen LogP contribution in [0, 0.1) is 11.7 Å². The predicted molar refractivity (Wildman–Crippen MR) is 125 cm³/mol. The molecule has 0 saturated carbocycles. The van der Waals surface area contributed by atoms with E-state index < -0.39 is 6.04 Å². The molecule has 1 fully saturated rings. The Morgan fingerprint density at radius 3 is 2.42 bits per heavy atom. The first-order chi connectivity index (χ1) is 15.9. The second-order valence-electron chi connectivity index (χ2n) is 9.73. The molecule has 0 spiro atoms. The minimum atomic E-state index is -0.531. The summed E-state index contributed by atoms with van der Waals surface area (Å²) in [6, 6.07) is 14.0. The molecule has 1 atom stereocenters. The van der Waals surface area contributed by atoms with Crippen LogP contribution in [0.25, 0.3) is 0 Å². The predicted octanol–water partition coefficient (Wildman–Crippen LogP) is 3.99. The van der Waals surface area contributed by atoms with Crippen molar-refractivity contribution < 1.29 is 18.7 Å². The molecule has 5 nitrogen and oxygen atoms in total.